The first-order valence-corrected chi connectivity index (χ1v) is 12.5. The second-order valence-corrected chi connectivity index (χ2v) is 11.5. The molecule has 0 aliphatic heterocycles. The second kappa shape index (κ2) is 7.74. The highest BCUT2D eigenvalue weighted by Gasteiger charge is 2.53. The number of hydrogen-bond acceptors (Lipinski definition) is 2. The average Bonchev–Trinajstić information content (AvgIpc) is 2.77. The summed E-state index contributed by atoms with van der Waals surface area (Å²) in [6, 6.07) is 19.5. The van der Waals surface area contributed by atoms with Crippen molar-refractivity contribution in [1.82, 2.24) is 0 Å². The Kier molecular flexibility index (Phi) is 5.44. The molecule has 2 aliphatic carbocycles. The van der Waals surface area contributed by atoms with Crippen LogP contribution < -0.4 is 10.6 Å². The minimum Gasteiger partial charge on any atom is -0.385 e. The molecular weight excluding hydrogens is 375 g/mol. The van der Waals surface area contributed by atoms with Crippen LogP contribution in [-0.4, -0.2) is 10.7 Å². The number of aliphatic hydroxyl groups is 1. The van der Waals surface area contributed by atoms with Crippen LogP contribution in [0.3, 0.4) is 0 Å². The Morgan fingerprint density at radius 1 is 1.03 bits per heavy atom. The van der Waals surface area contributed by atoms with Crippen molar-refractivity contribution >= 4 is 17.8 Å². The Bertz CT molecular complexity index is 919. The first-order valence-electron chi connectivity index (χ1n) is 10.7. The summed E-state index contributed by atoms with van der Waals surface area (Å²) >= 11 is 0. The Hall–Kier alpha value is -1.89. The lowest BCUT2D eigenvalue weighted by molar-refractivity contribution is -0.0760. The predicted molar refractivity (Wildman–Crippen MR) is 122 cm³/mol. The number of benzene rings is 2. The molecule has 2 aliphatic rings. The molecule has 0 radical (unpaired) electrons. The third-order valence-electron chi connectivity index (χ3n) is 7.34. The Balaban J connectivity index is 1.83. The van der Waals surface area contributed by atoms with Crippen LogP contribution in [0.4, 0.5) is 0 Å². The molecule has 0 unspecified atom stereocenters. The van der Waals surface area contributed by atoms with Crippen molar-refractivity contribution in [3.63, 3.8) is 0 Å². The number of hydrogen-bond donors (Lipinski definition) is 1. The quantitative estimate of drug-likeness (QED) is 0.515. The molecule has 0 saturated heterocycles. The zero-order valence-corrected chi connectivity index (χ0v) is 18.3. The lowest BCUT2D eigenvalue weighted by Gasteiger charge is -2.54. The summed E-state index contributed by atoms with van der Waals surface area (Å²) in [5.74, 6) is 2.24. The van der Waals surface area contributed by atoms with Gasteiger partial charge in [-0.25, -0.2) is 0 Å². The highest BCUT2D eigenvalue weighted by atomic mass is 31.2. The van der Waals surface area contributed by atoms with E-state index >= 15 is 0 Å². The van der Waals surface area contributed by atoms with Crippen molar-refractivity contribution in [3.8, 4) is 0 Å². The van der Waals surface area contributed by atoms with Gasteiger partial charge in [-0.2, -0.15) is 0 Å². The van der Waals surface area contributed by atoms with Gasteiger partial charge in [-0.05, 0) is 49.4 Å². The molecule has 0 aromatic heterocycles. The van der Waals surface area contributed by atoms with Gasteiger partial charge in [0.2, 0.25) is 0 Å². The summed E-state index contributed by atoms with van der Waals surface area (Å²) in [5, 5.41) is 13.5. The monoisotopic (exact) mass is 406 g/mol. The summed E-state index contributed by atoms with van der Waals surface area (Å²) < 4.78 is 14.4. The lowest BCUT2D eigenvalue weighted by atomic mass is 9.54. The lowest BCUT2D eigenvalue weighted by Crippen LogP contribution is -2.54. The van der Waals surface area contributed by atoms with Crippen LogP contribution in [0.5, 0.6) is 0 Å². The second-order valence-electron chi connectivity index (χ2n) is 8.85. The SMILES string of the molecule is C[C@@H]1CCC2=CCCC[C@]2(O)[C@@]1(C)/C=C/P(=O)(c1ccccc1)c1ccccc1. The number of rotatable bonds is 4. The van der Waals surface area contributed by atoms with Crippen LogP contribution in [-0.2, 0) is 4.57 Å². The van der Waals surface area contributed by atoms with Crippen molar-refractivity contribution in [2.75, 3.05) is 0 Å². The molecule has 3 atom stereocenters. The first-order chi connectivity index (χ1) is 13.9. The third-order valence-corrected chi connectivity index (χ3v) is 10.0. The van der Waals surface area contributed by atoms with Gasteiger partial charge >= 0.3 is 0 Å². The van der Waals surface area contributed by atoms with Gasteiger partial charge in [-0.1, -0.05) is 86.7 Å². The van der Waals surface area contributed by atoms with E-state index in [0.717, 1.165) is 42.7 Å². The van der Waals surface area contributed by atoms with Gasteiger partial charge in [0.05, 0.1) is 5.60 Å². The third kappa shape index (κ3) is 3.37. The largest absolute Gasteiger partial charge is 0.385 e. The minimum absolute atomic E-state index is 0.319. The molecule has 1 fully saturated rings. The summed E-state index contributed by atoms with van der Waals surface area (Å²) in [6.45, 7) is 4.39. The van der Waals surface area contributed by atoms with Crippen LogP contribution in [0, 0.1) is 11.3 Å². The molecule has 152 valence electrons. The van der Waals surface area contributed by atoms with Gasteiger partial charge in [-0.15, -0.1) is 0 Å². The van der Waals surface area contributed by atoms with Crippen LogP contribution in [0.25, 0.3) is 0 Å². The van der Waals surface area contributed by atoms with Crippen molar-refractivity contribution in [2.24, 2.45) is 11.3 Å². The highest BCUT2D eigenvalue weighted by molar-refractivity contribution is 7.81. The fraction of sp³-hybridized carbons (Fsp3) is 0.385. The van der Waals surface area contributed by atoms with Crippen LogP contribution >= 0.6 is 7.14 Å². The molecule has 1 N–H and O–H groups in total. The highest BCUT2D eigenvalue weighted by Crippen LogP contribution is 2.57. The van der Waals surface area contributed by atoms with E-state index in [-0.39, 0.29) is 0 Å². The van der Waals surface area contributed by atoms with E-state index in [2.05, 4.69) is 26.0 Å². The van der Waals surface area contributed by atoms with E-state index < -0.39 is 18.2 Å². The molecule has 2 aromatic carbocycles. The van der Waals surface area contributed by atoms with Crippen LogP contribution in [0.1, 0.15) is 46.0 Å². The maximum absolute atomic E-state index is 14.4. The maximum atomic E-state index is 14.4. The van der Waals surface area contributed by atoms with Crippen molar-refractivity contribution < 1.29 is 9.67 Å². The van der Waals surface area contributed by atoms with Crippen molar-refractivity contribution in [3.05, 3.63) is 84.2 Å². The Morgan fingerprint density at radius 3 is 2.21 bits per heavy atom. The van der Waals surface area contributed by atoms with E-state index in [4.69, 9.17) is 0 Å². The predicted octanol–water partition coefficient (Wildman–Crippen LogP) is 5.79. The molecule has 0 heterocycles. The molecule has 4 rings (SSSR count). The van der Waals surface area contributed by atoms with E-state index in [1.54, 1.807) is 0 Å². The molecular formula is C26H31O2P. The normalized spacial score (nSPS) is 30.0. The molecule has 2 aromatic rings. The van der Waals surface area contributed by atoms with E-state index in [9.17, 15) is 9.67 Å². The van der Waals surface area contributed by atoms with Crippen LogP contribution in [0.15, 0.2) is 84.2 Å². The molecule has 2 nitrogen and oxygen atoms in total. The van der Waals surface area contributed by atoms with Gasteiger partial charge in [0.15, 0.2) is 7.14 Å². The molecule has 0 amide bonds. The van der Waals surface area contributed by atoms with E-state index in [1.165, 1.54) is 5.57 Å². The topological polar surface area (TPSA) is 37.3 Å². The van der Waals surface area contributed by atoms with Crippen LogP contribution in [0.2, 0.25) is 0 Å². The molecule has 0 bridgehead atoms. The van der Waals surface area contributed by atoms with E-state index in [0.29, 0.717) is 5.92 Å². The average molecular weight is 407 g/mol. The fourth-order valence-electron chi connectivity index (χ4n) is 5.15. The molecule has 0 spiro atoms. The standard InChI is InChI=1S/C26H31O2P/c1-21-16-17-22-11-9-10-18-26(22,27)25(21,2)19-20-29(28,23-12-5-3-6-13-23)24-14-7-4-8-15-24/h3-8,11-15,19-21,27H,9-10,16-18H2,1-2H3/b20-19+/t21-,25+,26-/m1/s1. The smallest absolute Gasteiger partial charge is 0.163 e. The fourth-order valence-corrected chi connectivity index (χ4v) is 7.54. The van der Waals surface area contributed by atoms with Crippen molar-refractivity contribution in [2.45, 2.75) is 51.6 Å². The number of fused-ring (bicyclic) bond motifs is 1. The maximum Gasteiger partial charge on any atom is 0.163 e. The Morgan fingerprint density at radius 2 is 1.62 bits per heavy atom. The zero-order valence-electron chi connectivity index (χ0n) is 17.4. The van der Waals surface area contributed by atoms with Gasteiger partial charge in [0, 0.05) is 16.0 Å². The van der Waals surface area contributed by atoms with Gasteiger partial charge in [-0.3, -0.25) is 0 Å². The summed E-state index contributed by atoms with van der Waals surface area (Å²) in [7, 11) is -2.95. The molecule has 1 saturated carbocycles. The Labute approximate surface area is 174 Å². The van der Waals surface area contributed by atoms with Gasteiger partial charge in [0.25, 0.3) is 0 Å². The minimum atomic E-state index is -2.95. The number of allylic oxidation sites excluding steroid dienone is 1. The molecule has 29 heavy (non-hydrogen) atoms. The zero-order chi connectivity index (χ0) is 20.5. The van der Waals surface area contributed by atoms with Gasteiger partial charge < -0.3 is 9.67 Å². The summed E-state index contributed by atoms with van der Waals surface area (Å²) in [4.78, 5) is 0. The van der Waals surface area contributed by atoms with Crippen molar-refractivity contribution in [1.29, 1.82) is 0 Å². The first kappa shape index (κ1) is 20.4. The van der Waals surface area contributed by atoms with E-state index in [1.807, 2.05) is 66.5 Å². The van der Waals surface area contributed by atoms with Gasteiger partial charge in [0.1, 0.15) is 0 Å². The summed E-state index contributed by atoms with van der Waals surface area (Å²) in [6.07, 6.45) is 9.20. The summed E-state index contributed by atoms with van der Waals surface area (Å²) in [5.41, 5.74) is -0.0859. The molecule has 3 heteroatoms.